The third kappa shape index (κ3) is 4.66. The minimum Gasteiger partial charge on any atom is -0.494 e. The number of nitrogens with zero attached hydrogens (tertiary/aromatic N) is 3. The molecule has 166 valence electrons. The van der Waals surface area contributed by atoms with E-state index in [0.717, 1.165) is 17.5 Å². The van der Waals surface area contributed by atoms with Crippen molar-refractivity contribution in [3.8, 4) is 5.75 Å². The van der Waals surface area contributed by atoms with Gasteiger partial charge in [0.2, 0.25) is 0 Å². The average molecular weight is 437 g/mol. The topological polar surface area (TPSA) is 118 Å². The highest BCUT2D eigenvalue weighted by Crippen LogP contribution is 2.27. The number of benzene rings is 2. The van der Waals surface area contributed by atoms with E-state index in [9.17, 15) is 14.7 Å². The molecule has 4 aromatic rings. The van der Waals surface area contributed by atoms with E-state index in [2.05, 4.69) is 4.98 Å². The first-order valence-electron chi connectivity index (χ1n) is 10.2. The number of carboxylic acids is 2. The summed E-state index contributed by atoms with van der Waals surface area (Å²) in [5.74, 6) is -1.37. The molecule has 2 aromatic heterocycles. The van der Waals surface area contributed by atoms with E-state index in [1.807, 2.05) is 36.2 Å². The van der Waals surface area contributed by atoms with E-state index < -0.39 is 11.9 Å². The maximum absolute atomic E-state index is 11.2. The van der Waals surface area contributed by atoms with E-state index in [0.29, 0.717) is 41.4 Å². The van der Waals surface area contributed by atoms with Crippen LogP contribution in [0.2, 0.25) is 0 Å². The van der Waals surface area contributed by atoms with Crippen LogP contribution in [0.15, 0.2) is 53.1 Å². The van der Waals surface area contributed by atoms with Gasteiger partial charge in [0.1, 0.15) is 17.8 Å². The quantitative estimate of drug-likeness (QED) is 0.363. The van der Waals surface area contributed by atoms with Gasteiger partial charge in [0.05, 0.1) is 13.0 Å². The molecule has 0 saturated heterocycles. The summed E-state index contributed by atoms with van der Waals surface area (Å²) in [7, 11) is 1.90. The van der Waals surface area contributed by atoms with Crippen LogP contribution in [0.4, 0.5) is 6.01 Å². The van der Waals surface area contributed by atoms with Crippen LogP contribution in [0.25, 0.3) is 22.0 Å². The molecule has 2 aromatic carbocycles. The van der Waals surface area contributed by atoms with E-state index in [-0.39, 0.29) is 13.0 Å². The maximum atomic E-state index is 11.2. The van der Waals surface area contributed by atoms with Gasteiger partial charge in [-0.2, -0.15) is 4.98 Å². The van der Waals surface area contributed by atoms with Crippen molar-refractivity contribution in [3.05, 3.63) is 54.2 Å². The highest BCUT2D eigenvalue weighted by atomic mass is 16.5. The molecular formula is C23H23N3O6. The summed E-state index contributed by atoms with van der Waals surface area (Å²) >= 11 is 0. The lowest BCUT2D eigenvalue weighted by Crippen LogP contribution is -2.20. The van der Waals surface area contributed by atoms with Crippen molar-refractivity contribution >= 4 is 40.0 Å². The van der Waals surface area contributed by atoms with Crippen LogP contribution < -0.4 is 9.64 Å². The molecule has 0 aliphatic carbocycles. The normalized spacial score (nSPS) is 11.2. The second-order valence-corrected chi connectivity index (χ2v) is 7.51. The SMILES string of the molecule is CN(CCCOc1ccc2c(c1)c(CC(=O)O)cn2CC(=O)O)c1nc2ccccc2o1. The largest absolute Gasteiger partial charge is 0.494 e. The molecule has 9 nitrogen and oxygen atoms in total. The van der Waals surface area contributed by atoms with Crippen molar-refractivity contribution in [1.82, 2.24) is 9.55 Å². The molecule has 32 heavy (non-hydrogen) atoms. The summed E-state index contributed by atoms with van der Waals surface area (Å²) in [6.45, 7) is 0.882. The number of fused-ring (bicyclic) bond motifs is 2. The minimum absolute atomic E-state index is 0.193. The van der Waals surface area contributed by atoms with Gasteiger partial charge in [0.15, 0.2) is 5.58 Å². The number of oxazole rings is 1. The van der Waals surface area contributed by atoms with E-state index >= 15 is 0 Å². The van der Waals surface area contributed by atoms with Crippen molar-refractivity contribution in [2.45, 2.75) is 19.4 Å². The Morgan fingerprint density at radius 2 is 1.97 bits per heavy atom. The van der Waals surface area contributed by atoms with Crippen LogP contribution in [-0.2, 0) is 22.6 Å². The number of hydrogen-bond acceptors (Lipinski definition) is 6. The molecule has 2 N–H and O–H groups in total. The molecular weight excluding hydrogens is 414 g/mol. The number of hydrogen-bond donors (Lipinski definition) is 2. The number of carboxylic acid groups (broad SMARTS) is 2. The fraction of sp³-hybridized carbons (Fsp3) is 0.261. The van der Waals surface area contributed by atoms with E-state index in [1.54, 1.807) is 24.4 Å². The number of aliphatic carboxylic acids is 2. The molecule has 0 aliphatic heterocycles. The monoisotopic (exact) mass is 437 g/mol. The summed E-state index contributed by atoms with van der Waals surface area (Å²) < 4.78 is 13.1. The Bertz CT molecular complexity index is 1240. The summed E-state index contributed by atoms with van der Waals surface area (Å²) in [6, 6.07) is 13.4. The molecule has 0 aliphatic rings. The smallest absolute Gasteiger partial charge is 0.323 e. The lowest BCUT2D eigenvalue weighted by atomic mass is 10.1. The third-order valence-electron chi connectivity index (χ3n) is 5.10. The molecule has 4 rings (SSSR count). The van der Waals surface area contributed by atoms with Crippen molar-refractivity contribution in [1.29, 1.82) is 0 Å². The van der Waals surface area contributed by atoms with Crippen molar-refractivity contribution in [2.75, 3.05) is 25.1 Å². The Morgan fingerprint density at radius 3 is 2.72 bits per heavy atom. The van der Waals surface area contributed by atoms with Gasteiger partial charge in [-0.05, 0) is 42.3 Å². The minimum atomic E-state index is -0.993. The van der Waals surface area contributed by atoms with Crippen LogP contribution in [-0.4, -0.2) is 51.9 Å². The molecule has 0 saturated carbocycles. The Balaban J connectivity index is 1.40. The first kappa shape index (κ1) is 21.2. The van der Waals surface area contributed by atoms with Gasteiger partial charge in [-0.25, -0.2) is 0 Å². The zero-order chi connectivity index (χ0) is 22.7. The van der Waals surface area contributed by atoms with Gasteiger partial charge < -0.3 is 28.8 Å². The molecule has 0 amide bonds. The van der Waals surface area contributed by atoms with Gasteiger partial charge in [-0.1, -0.05) is 12.1 Å². The molecule has 0 radical (unpaired) electrons. The average Bonchev–Trinajstić information content (AvgIpc) is 3.32. The maximum Gasteiger partial charge on any atom is 0.323 e. The zero-order valence-corrected chi connectivity index (χ0v) is 17.5. The highest BCUT2D eigenvalue weighted by Gasteiger charge is 2.14. The number of rotatable bonds is 10. The summed E-state index contributed by atoms with van der Waals surface area (Å²) in [6.07, 6.45) is 2.10. The summed E-state index contributed by atoms with van der Waals surface area (Å²) in [5, 5.41) is 19.0. The number of carbonyl (C=O) groups is 2. The van der Waals surface area contributed by atoms with Gasteiger partial charge in [-0.15, -0.1) is 0 Å². The van der Waals surface area contributed by atoms with Crippen molar-refractivity contribution in [3.63, 3.8) is 0 Å². The summed E-state index contributed by atoms with van der Waals surface area (Å²) in [5.41, 5.74) is 2.76. The van der Waals surface area contributed by atoms with Gasteiger partial charge in [0.25, 0.3) is 6.01 Å². The molecule has 0 fully saturated rings. The lowest BCUT2D eigenvalue weighted by Gasteiger charge is -2.14. The standard InChI is InChI=1S/C23H23N3O6/c1-25(23-24-18-5-2-3-6-20(18)32-23)9-4-10-31-16-7-8-19-17(12-16)15(11-21(27)28)13-26(19)14-22(29)30/h2-3,5-8,12-13H,4,9-11,14H2,1H3,(H,27,28)(H,29,30). The molecule has 0 spiro atoms. The lowest BCUT2D eigenvalue weighted by molar-refractivity contribution is -0.138. The Labute approximate surface area is 183 Å². The van der Waals surface area contributed by atoms with Crippen molar-refractivity contribution in [2.24, 2.45) is 0 Å². The first-order chi connectivity index (χ1) is 15.4. The highest BCUT2D eigenvalue weighted by molar-refractivity contribution is 5.89. The van der Waals surface area contributed by atoms with Crippen LogP contribution in [0.5, 0.6) is 5.75 Å². The molecule has 0 unspecified atom stereocenters. The Kier molecular flexibility index (Phi) is 5.98. The number of ether oxygens (including phenoxy) is 1. The fourth-order valence-corrected chi connectivity index (χ4v) is 3.63. The van der Waals surface area contributed by atoms with Gasteiger partial charge in [-0.3, -0.25) is 9.59 Å². The van der Waals surface area contributed by atoms with Crippen LogP contribution in [0, 0.1) is 0 Å². The second kappa shape index (κ2) is 9.01. The van der Waals surface area contributed by atoms with Gasteiger partial charge in [0, 0.05) is 30.7 Å². The molecule has 0 bridgehead atoms. The molecule has 9 heteroatoms. The second-order valence-electron chi connectivity index (χ2n) is 7.51. The summed E-state index contributed by atoms with van der Waals surface area (Å²) in [4.78, 5) is 28.7. The van der Waals surface area contributed by atoms with E-state index in [1.165, 1.54) is 4.57 Å². The van der Waals surface area contributed by atoms with Crippen molar-refractivity contribution < 1.29 is 29.0 Å². The zero-order valence-electron chi connectivity index (χ0n) is 17.5. The van der Waals surface area contributed by atoms with Crippen LogP contribution >= 0.6 is 0 Å². The van der Waals surface area contributed by atoms with Crippen LogP contribution in [0.1, 0.15) is 12.0 Å². The molecule has 0 atom stereocenters. The first-order valence-corrected chi connectivity index (χ1v) is 10.2. The fourth-order valence-electron chi connectivity index (χ4n) is 3.63. The Hall–Kier alpha value is -4.01. The van der Waals surface area contributed by atoms with Crippen LogP contribution in [0.3, 0.4) is 0 Å². The number of aromatic nitrogens is 2. The molecule has 2 heterocycles. The Morgan fingerprint density at radius 1 is 1.16 bits per heavy atom. The predicted octanol–water partition coefficient (Wildman–Crippen LogP) is 3.40. The predicted molar refractivity (Wildman–Crippen MR) is 118 cm³/mol. The van der Waals surface area contributed by atoms with E-state index in [4.69, 9.17) is 14.3 Å². The number of anilines is 1. The number of para-hydroxylation sites is 2. The third-order valence-corrected chi connectivity index (χ3v) is 5.10. The van der Waals surface area contributed by atoms with Gasteiger partial charge >= 0.3 is 11.9 Å².